The summed E-state index contributed by atoms with van der Waals surface area (Å²) in [5.74, 6) is -2.97. The van der Waals surface area contributed by atoms with E-state index in [0.717, 1.165) is 6.07 Å². The number of Topliss-reactive ketones (excluding diaryl/α,β-unsaturated/α-hetero) is 1. The van der Waals surface area contributed by atoms with Crippen molar-refractivity contribution in [1.82, 2.24) is 0 Å². The van der Waals surface area contributed by atoms with E-state index in [4.69, 9.17) is 26.3 Å². The fourth-order valence-electron chi connectivity index (χ4n) is 2.40. The molecule has 0 radical (unpaired) electrons. The van der Waals surface area contributed by atoms with Crippen LogP contribution in [0.15, 0.2) is 60.2 Å². The molecule has 0 saturated carbocycles. The van der Waals surface area contributed by atoms with Crippen molar-refractivity contribution in [2.45, 2.75) is 11.9 Å². The van der Waals surface area contributed by atoms with Crippen LogP contribution in [-0.4, -0.2) is 14.2 Å². The maximum Gasteiger partial charge on any atom is 0.313 e. The van der Waals surface area contributed by atoms with Crippen LogP contribution in [0.2, 0.25) is 5.02 Å². The molecule has 0 spiro atoms. The van der Waals surface area contributed by atoms with Crippen LogP contribution in [0, 0.1) is 5.82 Å². The van der Waals surface area contributed by atoms with E-state index in [0.29, 0.717) is 10.6 Å². The van der Waals surface area contributed by atoms with Crippen molar-refractivity contribution in [3.05, 3.63) is 82.1 Å². The molecule has 2 aromatic rings. The third kappa shape index (κ3) is 3.97. The van der Waals surface area contributed by atoms with E-state index in [9.17, 15) is 17.6 Å². The first-order chi connectivity index (χ1) is 12.2. The van der Waals surface area contributed by atoms with Crippen LogP contribution in [0.5, 0.6) is 0 Å². The molecule has 1 aliphatic rings. The van der Waals surface area contributed by atoms with Crippen molar-refractivity contribution in [3.8, 4) is 0 Å². The summed E-state index contributed by atoms with van der Waals surface area (Å²) in [5.41, 5.74) is 6.23. The number of carbonyl (C=O) groups excluding carboxylic acids is 1. The Hall–Kier alpha value is -2.58. The first-order valence-electron chi connectivity index (χ1n) is 7.38. The lowest BCUT2D eigenvalue weighted by Crippen LogP contribution is -2.16. The predicted molar refractivity (Wildman–Crippen MR) is 91.6 cm³/mol. The lowest BCUT2D eigenvalue weighted by molar-refractivity contribution is -0.123. The zero-order valence-electron chi connectivity index (χ0n) is 13.2. The van der Waals surface area contributed by atoms with Gasteiger partial charge in [0, 0.05) is 10.6 Å². The molecule has 0 aliphatic carbocycles. The fourth-order valence-corrected chi connectivity index (χ4v) is 3.59. The molecule has 136 valence electrons. The van der Waals surface area contributed by atoms with Gasteiger partial charge < -0.3 is 14.7 Å². The van der Waals surface area contributed by atoms with Crippen molar-refractivity contribution in [2.24, 2.45) is 5.73 Å². The van der Waals surface area contributed by atoms with Gasteiger partial charge in [-0.25, -0.2) is 4.39 Å². The average Bonchev–Trinajstić information content (AvgIpc) is 2.83. The van der Waals surface area contributed by atoms with Gasteiger partial charge in [-0.15, -0.1) is 0 Å². The Morgan fingerprint density at radius 3 is 2.54 bits per heavy atom. The number of benzene rings is 2. The molecule has 2 aromatic carbocycles. The zero-order chi connectivity index (χ0) is 18.9. The second-order valence-corrected chi connectivity index (χ2v) is 7.53. The third-order valence-corrected chi connectivity index (χ3v) is 4.91. The van der Waals surface area contributed by atoms with Crippen molar-refractivity contribution < 1.29 is 26.5 Å². The highest BCUT2D eigenvalue weighted by molar-refractivity contribution is 7.86. The average molecular weight is 398 g/mol. The standard InChI is InChI=1S/C17H13ClFNO5S/c18-12-6-4-11(5-7-12)15-14(21)16(17(20)24-15)25-26(22,23)9-10-2-1-3-13(19)8-10/h1-8,15H,9,20H2. The van der Waals surface area contributed by atoms with Crippen LogP contribution >= 0.6 is 11.6 Å². The number of nitrogens with two attached hydrogens (primary N) is 1. The van der Waals surface area contributed by atoms with Crippen LogP contribution in [0.4, 0.5) is 4.39 Å². The minimum Gasteiger partial charge on any atom is -0.460 e. The Morgan fingerprint density at radius 2 is 1.88 bits per heavy atom. The Labute approximate surface area is 154 Å². The van der Waals surface area contributed by atoms with E-state index >= 15 is 0 Å². The molecule has 26 heavy (non-hydrogen) atoms. The number of hydrogen-bond acceptors (Lipinski definition) is 6. The summed E-state index contributed by atoms with van der Waals surface area (Å²) in [7, 11) is -4.24. The van der Waals surface area contributed by atoms with Gasteiger partial charge in [0.15, 0.2) is 6.10 Å². The summed E-state index contributed by atoms with van der Waals surface area (Å²) in [6, 6.07) is 11.3. The van der Waals surface area contributed by atoms with E-state index in [1.807, 2.05) is 0 Å². The minimum atomic E-state index is -4.24. The molecule has 0 bridgehead atoms. The lowest BCUT2D eigenvalue weighted by atomic mass is 10.1. The second kappa shape index (κ2) is 6.97. The maximum absolute atomic E-state index is 13.2. The highest BCUT2D eigenvalue weighted by Crippen LogP contribution is 2.33. The minimum absolute atomic E-state index is 0.171. The van der Waals surface area contributed by atoms with Crippen LogP contribution in [-0.2, 0) is 29.6 Å². The quantitative estimate of drug-likeness (QED) is 0.779. The summed E-state index contributed by atoms with van der Waals surface area (Å²) in [5, 5.41) is 0.467. The molecule has 0 amide bonds. The van der Waals surface area contributed by atoms with Crippen molar-refractivity contribution in [1.29, 1.82) is 0 Å². The Kier molecular flexibility index (Phi) is 4.88. The molecule has 9 heteroatoms. The molecule has 2 N–H and O–H groups in total. The van der Waals surface area contributed by atoms with Gasteiger partial charge in [0.1, 0.15) is 11.6 Å². The molecule has 1 atom stereocenters. The zero-order valence-corrected chi connectivity index (χ0v) is 14.8. The highest BCUT2D eigenvalue weighted by Gasteiger charge is 2.39. The van der Waals surface area contributed by atoms with Gasteiger partial charge in [-0.05, 0) is 29.8 Å². The van der Waals surface area contributed by atoms with Gasteiger partial charge in [0.25, 0.3) is 0 Å². The maximum atomic E-state index is 13.2. The van der Waals surface area contributed by atoms with Crippen molar-refractivity contribution >= 4 is 27.5 Å². The number of ketones is 1. The normalized spacial score (nSPS) is 17.3. The molecule has 0 aromatic heterocycles. The Balaban J connectivity index is 1.77. The first kappa shape index (κ1) is 18.2. The van der Waals surface area contributed by atoms with Crippen LogP contribution in [0.25, 0.3) is 0 Å². The number of ether oxygens (including phenoxy) is 1. The van der Waals surface area contributed by atoms with Crippen LogP contribution in [0.3, 0.4) is 0 Å². The summed E-state index contributed by atoms with van der Waals surface area (Å²) >= 11 is 5.80. The Morgan fingerprint density at radius 1 is 1.19 bits per heavy atom. The molecule has 6 nitrogen and oxygen atoms in total. The highest BCUT2D eigenvalue weighted by atomic mass is 35.5. The lowest BCUT2D eigenvalue weighted by Gasteiger charge is -2.10. The topological polar surface area (TPSA) is 95.7 Å². The predicted octanol–water partition coefficient (Wildman–Crippen LogP) is 2.79. The van der Waals surface area contributed by atoms with E-state index in [1.54, 1.807) is 24.3 Å². The van der Waals surface area contributed by atoms with Crippen LogP contribution in [0.1, 0.15) is 17.2 Å². The van der Waals surface area contributed by atoms with Crippen LogP contribution < -0.4 is 5.73 Å². The smallest absolute Gasteiger partial charge is 0.313 e. The molecule has 3 rings (SSSR count). The monoisotopic (exact) mass is 397 g/mol. The van der Waals surface area contributed by atoms with E-state index in [-0.39, 0.29) is 5.56 Å². The summed E-state index contributed by atoms with van der Waals surface area (Å²) < 4.78 is 47.7. The van der Waals surface area contributed by atoms with Gasteiger partial charge in [-0.1, -0.05) is 35.9 Å². The number of rotatable bonds is 5. The largest absolute Gasteiger partial charge is 0.460 e. The van der Waals surface area contributed by atoms with Gasteiger partial charge in [0.05, 0.1) is 0 Å². The Bertz CT molecular complexity index is 988. The fraction of sp³-hybridized carbons (Fsp3) is 0.118. The molecule has 1 heterocycles. The second-order valence-electron chi connectivity index (χ2n) is 5.52. The summed E-state index contributed by atoms with van der Waals surface area (Å²) in [4.78, 5) is 12.4. The number of halogens is 2. The molecule has 1 unspecified atom stereocenters. The molecule has 0 fully saturated rings. The number of carbonyl (C=O) groups is 1. The van der Waals surface area contributed by atoms with Gasteiger partial charge in [-0.2, -0.15) is 8.42 Å². The van der Waals surface area contributed by atoms with Gasteiger partial charge in [0.2, 0.25) is 17.4 Å². The molecular weight excluding hydrogens is 385 g/mol. The van der Waals surface area contributed by atoms with Gasteiger partial charge in [-0.3, -0.25) is 4.79 Å². The van der Waals surface area contributed by atoms with E-state index < -0.39 is 45.2 Å². The number of hydrogen-bond donors (Lipinski definition) is 1. The first-order valence-corrected chi connectivity index (χ1v) is 9.33. The van der Waals surface area contributed by atoms with Crippen molar-refractivity contribution in [2.75, 3.05) is 0 Å². The van der Waals surface area contributed by atoms with E-state index in [1.165, 1.54) is 18.2 Å². The van der Waals surface area contributed by atoms with Gasteiger partial charge >= 0.3 is 10.1 Å². The third-order valence-electron chi connectivity index (χ3n) is 3.55. The van der Waals surface area contributed by atoms with E-state index in [2.05, 4.69) is 0 Å². The summed E-state index contributed by atoms with van der Waals surface area (Å²) in [6.07, 6.45) is -1.12. The summed E-state index contributed by atoms with van der Waals surface area (Å²) in [6.45, 7) is 0. The van der Waals surface area contributed by atoms with Crippen molar-refractivity contribution in [3.63, 3.8) is 0 Å². The molecular formula is C17H13ClFNO5S. The molecule has 1 aliphatic heterocycles. The molecule has 0 saturated heterocycles. The SMILES string of the molecule is NC1=C(OS(=O)(=O)Cc2cccc(F)c2)C(=O)C(c2ccc(Cl)cc2)O1.